The molecule has 0 bridgehead atoms. The zero-order chi connectivity index (χ0) is 19.5. The minimum atomic E-state index is -0.0669. The van der Waals surface area contributed by atoms with Gasteiger partial charge in [-0.3, -0.25) is 9.59 Å². The van der Waals surface area contributed by atoms with Gasteiger partial charge in [-0.1, -0.05) is 18.2 Å². The number of amides is 2. The monoisotopic (exact) mass is 421 g/mol. The van der Waals surface area contributed by atoms with E-state index < -0.39 is 0 Å². The third-order valence-electron chi connectivity index (χ3n) is 6.68. The summed E-state index contributed by atoms with van der Waals surface area (Å²) in [7, 11) is 0. The predicted molar refractivity (Wildman–Crippen MR) is 114 cm³/mol. The van der Waals surface area contributed by atoms with E-state index in [0.29, 0.717) is 31.4 Å². The van der Waals surface area contributed by atoms with E-state index in [9.17, 15) is 9.59 Å². The van der Waals surface area contributed by atoms with Crippen LogP contribution < -0.4 is 10.5 Å². The Morgan fingerprint density at radius 3 is 2.59 bits per heavy atom. The van der Waals surface area contributed by atoms with Crippen LogP contribution in [0.15, 0.2) is 30.3 Å². The highest BCUT2D eigenvalue weighted by atomic mass is 35.5. The molecule has 1 saturated carbocycles. The minimum Gasteiger partial charge on any atom is -0.493 e. The molecular formula is C22H32ClN3O3. The van der Waals surface area contributed by atoms with Gasteiger partial charge >= 0.3 is 0 Å². The number of fused-ring (bicyclic) bond motifs is 1. The average molecular weight is 422 g/mol. The van der Waals surface area contributed by atoms with E-state index in [-0.39, 0.29) is 36.2 Å². The first kappa shape index (κ1) is 21.9. The van der Waals surface area contributed by atoms with Crippen LogP contribution in [-0.4, -0.2) is 60.4 Å². The Bertz CT molecular complexity index is 702. The molecule has 4 atom stereocenters. The van der Waals surface area contributed by atoms with E-state index in [1.54, 1.807) is 0 Å². The van der Waals surface area contributed by atoms with Crippen LogP contribution >= 0.6 is 12.4 Å². The molecule has 2 N–H and O–H groups in total. The molecule has 7 heteroatoms. The van der Waals surface area contributed by atoms with Crippen LogP contribution in [0, 0.1) is 17.8 Å². The number of hydrogen-bond acceptors (Lipinski definition) is 4. The number of halogens is 1. The molecule has 1 aromatic carbocycles. The lowest BCUT2D eigenvalue weighted by atomic mass is 9.96. The van der Waals surface area contributed by atoms with E-state index in [4.69, 9.17) is 10.5 Å². The topological polar surface area (TPSA) is 75.9 Å². The van der Waals surface area contributed by atoms with Crippen LogP contribution in [0.4, 0.5) is 0 Å². The van der Waals surface area contributed by atoms with Gasteiger partial charge in [-0.15, -0.1) is 12.4 Å². The fourth-order valence-electron chi connectivity index (χ4n) is 5.08. The number of para-hydroxylation sites is 1. The van der Waals surface area contributed by atoms with Crippen LogP contribution in [0.25, 0.3) is 0 Å². The zero-order valence-corrected chi connectivity index (χ0v) is 17.7. The molecule has 4 unspecified atom stereocenters. The van der Waals surface area contributed by atoms with Gasteiger partial charge in [0, 0.05) is 32.2 Å². The maximum absolute atomic E-state index is 13.0. The Morgan fingerprint density at radius 1 is 1.03 bits per heavy atom. The summed E-state index contributed by atoms with van der Waals surface area (Å²) in [5.41, 5.74) is 6.21. The second kappa shape index (κ2) is 9.81. The molecule has 0 radical (unpaired) electrons. The first-order valence-electron chi connectivity index (χ1n) is 10.6. The standard InChI is InChI=1S/C22H31N3O3.ClH/c23-20-9-8-16-13-25(15-19(16)20)22(27)17-5-4-11-24(14-17)21(26)10-12-28-18-6-2-1-3-7-18;/h1-3,6-7,16-17,19-20H,4-5,8-15,23H2;1H. The number of nitrogens with zero attached hydrogens (tertiary/aromatic N) is 2. The molecule has 2 heterocycles. The van der Waals surface area contributed by atoms with Crippen molar-refractivity contribution in [3.8, 4) is 5.75 Å². The van der Waals surface area contributed by atoms with E-state index in [2.05, 4.69) is 0 Å². The molecule has 2 saturated heterocycles. The lowest BCUT2D eigenvalue weighted by Crippen LogP contribution is -2.47. The quantitative estimate of drug-likeness (QED) is 0.791. The molecule has 2 aliphatic heterocycles. The number of carbonyl (C=O) groups excluding carboxylic acids is 2. The van der Waals surface area contributed by atoms with Gasteiger partial charge in [0.05, 0.1) is 18.9 Å². The van der Waals surface area contributed by atoms with Crippen molar-refractivity contribution in [2.75, 3.05) is 32.8 Å². The molecule has 0 aromatic heterocycles. The average Bonchev–Trinajstić information content (AvgIpc) is 3.30. The van der Waals surface area contributed by atoms with Gasteiger partial charge in [-0.2, -0.15) is 0 Å². The van der Waals surface area contributed by atoms with E-state index in [1.165, 1.54) is 0 Å². The van der Waals surface area contributed by atoms with Gasteiger partial charge in [-0.25, -0.2) is 0 Å². The fourth-order valence-corrected chi connectivity index (χ4v) is 5.08. The lowest BCUT2D eigenvalue weighted by Gasteiger charge is -2.34. The Kier molecular flexibility index (Phi) is 7.41. The van der Waals surface area contributed by atoms with Gasteiger partial charge < -0.3 is 20.3 Å². The molecule has 29 heavy (non-hydrogen) atoms. The van der Waals surface area contributed by atoms with Gasteiger partial charge in [0.1, 0.15) is 5.75 Å². The minimum absolute atomic E-state index is 0. The maximum atomic E-state index is 13.0. The molecular weight excluding hydrogens is 390 g/mol. The van der Waals surface area contributed by atoms with E-state index in [1.807, 2.05) is 40.1 Å². The number of likely N-dealkylation sites (tertiary alicyclic amines) is 2. The van der Waals surface area contributed by atoms with Gasteiger partial charge in [0.2, 0.25) is 11.8 Å². The SMILES string of the molecule is Cl.NC1CCC2CN(C(=O)C3CCCN(C(=O)CCOc4ccccc4)C3)CC12. The Balaban J connectivity index is 0.00000240. The Labute approximate surface area is 179 Å². The highest BCUT2D eigenvalue weighted by Crippen LogP contribution is 2.38. The van der Waals surface area contributed by atoms with Crippen LogP contribution in [0.1, 0.15) is 32.1 Å². The summed E-state index contributed by atoms with van der Waals surface area (Å²) in [6, 6.07) is 9.78. The summed E-state index contributed by atoms with van der Waals surface area (Å²) >= 11 is 0. The molecule has 1 aliphatic carbocycles. The molecule has 2 amide bonds. The number of ether oxygens (including phenoxy) is 1. The van der Waals surface area contributed by atoms with Crippen molar-refractivity contribution in [3.05, 3.63) is 30.3 Å². The van der Waals surface area contributed by atoms with E-state index >= 15 is 0 Å². The first-order chi connectivity index (χ1) is 13.6. The van der Waals surface area contributed by atoms with Crippen LogP contribution in [0.3, 0.4) is 0 Å². The maximum Gasteiger partial charge on any atom is 0.227 e. The van der Waals surface area contributed by atoms with Gasteiger partial charge in [0.25, 0.3) is 0 Å². The number of piperidine rings is 1. The third kappa shape index (κ3) is 5.04. The number of carbonyl (C=O) groups is 2. The number of rotatable bonds is 5. The highest BCUT2D eigenvalue weighted by molar-refractivity contribution is 5.85. The van der Waals surface area contributed by atoms with Crippen molar-refractivity contribution < 1.29 is 14.3 Å². The van der Waals surface area contributed by atoms with Crippen LogP contribution in [0.5, 0.6) is 5.75 Å². The van der Waals surface area contributed by atoms with Crippen molar-refractivity contribution in [1.82, 2.24) is 9.80 Å². The zero-order valence-electron chi connectivity index (χ0n) is 16.9. The largest absolute Gasteiger partial charge is 0.493 e. The first-order valence-corrected chi connectivity index (χ1v) is 10.6. The Hall–Kier alpha value is -1.79. The van der Waals surface area contributed by atoms with Gasteiger partial charge in [-0.05, 0) is 49.7 Å². The Morgan fingerprint density at radius 2 is 1.83 bits per heavy atom. The normalized spacial score (nSPS) is 28.6. The van der Waals surface area contributed by atoms with Crippen molar-refractivity contribution >= 4 is 24.2 Å². The van der Waals surface area contributed by atoms with Crippen molar-refractivity contribution in [2.24, 2.45) is 23.5 Å². The summed E-state index contributed by atoms with van der Waals surface area (Å²) < 4.78 is 5.64. The summed E-state index contributed by atoms with van der Waals surface area (Å²) in [6.07, 6.45) is 4.35. The van der Waals surface area contributed by atoms with E-state index in [0.717, 1.165) is 51.1 Å². The smallest absolute Gasteiger partial charge is 0.227 e. The number of benzene rings is 1. The third-order valence-corrected chi connectivity index (χ3v) is 6.68. The number of hydrogen-bond donors (Lipinski definition) is 1. The highest BCUT2D eigenvalue weighted by Gasteiger charge is 2.44. The summed E-state index contributed by atoms with van der Waals surface area (Å²) in [4.78, 5) is 29.5. The molecule has 3 fully saturated rings. The lowest BCUT2D eigenvalue weighted by molar-refractivity contribution is -0.140. The molecule has 0 spiro atoms. The second-order valence-electron chi connectivity index (χ2n) is 8.50. The van der Waals surface area contributed by atoms with Crippen LogP contribution in [0.2, 0.25) is 0 Å². The molecule has 6 nitrogen and oxygen atoms in total. The summed E-state index contributed by atoms with van der Waals surface area (Å²) in [5.74, 6) is 2.06. The predicted octanol–water partition coefficient (Wildman–Crippen LogP) is 2.31. The van der Waals surface area contributed by atoms with Crippen LogP contribution in [-0.2, 0) is 9.59 Å². The molecule has 4 rings (SSSR count). The summed E-state index contributed by atoms with van der Waals surface area (Å²) in [6.45, 7) is 3.31. The summed E-state index contributed by atoms with van der Waals surface area (Å²) in [5, 5.41) is 0. The molecule has 1 aromatic rings. The molecule has 160 valence electrons. The van der Waals surface area contributed by atoms with Gasteiger partial charge in [0.15, 0.2) is 0 Å². The van der Waals surface area contributed by atoms with Crippen molar-refractivity contribution in [3.63, 3.8) is 0 Å². The molecule has 3 aliphatic rings. The fraction of sp³-hybridized carbons (Fsp3) is 0.636. The van der Waals surface area contributed by atoms with Crippen molar-refractivity contribution in [2.45, 2.75) is 38.1 Å². The second-order valence-corrected chi connectivity index (χ2v) is 8.50. The number of nitrogens with two attached hydrogens (primary N) is 1. The van der Waals surface area contributed by atoms with Crippen molar-refractivity contribution in [1.29, 1.82) is 0 Å².